The van der Waals surface area contributed by atoms with Crippen molar-refractivity contribution in [1.82, 2.24) is 0 Å². The van der Waals surface area contributed by atoms with Gasteiger partial charge in [-0.25, -0.2) is 20.0 Å². The van der Waals surface area contributed by atoms with Gasteiger partial charge in [-0.3, -0.25) is 4.99 Å². The molecule has 33 heavy (non-hydrogen) atoms. The van der Waals surface area contributed by atoms with Crippen LogP contribution < -0.4 is 4.90 Å². The normalized spacial score (nSPS) is 15.1. The molecule has 12 heteroatoms. The molecule has 0 spiro atoms. The molecule has 0 radical (unpaired) electrons. The van der Waals surface area contributed by atoms with Crippen molar-refractivity contribution in [2.24, 2.45) is 25.0 Å². The summed E-state index contributed by atoms with van der Waals surface area (Å²) in [6, 6.07) is 10.0. The molecule has 1 unspecified atom stereocenters. The van der Waals surface area contributed by atoms with Gasteiger partial charge >= 0.3 is 0 Å². The minimum Gasteiger partial charge on any atom is -0.350 e. The van der Waals surface area contributed by atoms with Crippen molar-refractivity contribution < 1.29 is 0 Å². The van der Waals surface area contributed by atoms with Crippen molar-refractivity contribution in [2.75, 3.05) is 11.9 Å². The molecule has 0 bridgehead atoms. The molecule has 12 nitrogen and oxygen atoms in total. The van der Waals surface area contributed by atoms with Gasteiger partial charge in [0, 0.05) is 7.05 Å². The molecular weight excluding hydrogens is 420 g/mol. The van der Waals surface area contributed by atoms with E-state index in [4.69, 9.17) is 10.5 Å². The molecule has 1 aromatic carbocycles. The molecule has 156 valence electrons. The van der Waals surface area contributed by atoms with E-state index >= 15 is 0 Å². The molecule has 0 fully saturated rings. The SMILES string of the molecule is C=Nc1c(N=C(C#N)CC#N)c(N=C(C)C#N)c(N=CC#N)c2c1N(C)C(C#N)C(C#N)=N2. The first-order chi connectivity index (χ1) is 15.9. The number of nitriles is 6. The summed E-state index contributed by atoms with van der Waals surface area (Å²) in [6.07, 6.45) is 0.567. The van der Waals surface area contributed by atoms with Crippen LogP contribution in [0.3, 0.4) is 0 Å². The highest BCUT2D eigenvalue weighted by molar-refractivity contribution is 6.17. The summed E-state index contributed by atoms with van der Waals surface area (Å²) < 4.78 is 0. The second kappa shape index (κ2) is 10.4. The fraction of sp³-hybridized carbons (Fsp3) is 0.190. The first-order valence-electron chi connectivity index (χ1n) is 8.96. The van der Waals surface area contributed by atoms with Crippen LogP contribution in [0.15, 0.2) is 25.0 Å². The molecule has 0 saturated heterocycles. The summed E-state index contributed by atoms with van der Waals surface area (Å²) in [7, 11) is 1.52. The number of rotatable bonds is 5. The quantitative estimate of drug-likeness (QED) is 0.633. The first-order valence-corrected chi connectivity index (χ1v) is 8.96. The van der Waals surface area contributed by atoms with Crippen LogP contribution in [0.25, 0.3) is 0 Å². The summed E-state index contributed by atoms with van der Waals surface area (Å²) in [6.45, 7) is 4.95. The van der Waals surface area contributed by atoms with Crippen LogP contribution in [0.2, 0.25) is 0 Å². The lowest BCUT2D eigenvalue weighted by molar-refractivity contribution is 0.926. The minimum atomic E-state index is -1.07. The number of anilines is 1. The number of hydrogen-bond donors (Lipinski definition) is 0. The Kier molecular flexibility index (Phi) is 7.41. The fourth-order valence-corrected chi connectivity index (χ4v) is 2.92. The lowest BCUT2D eigenvalue weighted by Crippen LogP contribution is -2.39. The highest BCUT2D eigenvalue weighted by atomic mass is 15.2. The number of benzene rings is 1. The van der Waals surface area contributed by atoms with Crippen molar-refractivity contribution in [2.45, 2.75) is 19.4 Å². The molecule has 1 heterocycles. The molecule has 1 aromatic rings. The summed E-state index contributed by atoms with van der Waals surface area (Å²) in [5, 5.41) is 55.8. The maximum atomic E-state index is 9.58. The molecule has 0 saturated carbocycles. The van der Waals surface area contributed by atoms with E-state index in [0.29, 0.717) is 0 Å². The zero-order valence-electron chi connectivity index (χ0n) is 17.4. The minimum absolute atomic E-state index is 0.0165. The van der Waals surface area contributed by atoms with Gasteiger partial charge in [0.2, 0.25) is 0 Å². The van der Waals surface area contributed by atoms with Gasteiger partial charge < -0.3 is 4.90 Å². The van der Waals surface area contributed by atoms with Crippen LogP contribution in [0.5, 0.6) is 0 Å². The zero-order valence-corrected chi connectivity index (χ0v) is 17.4. The molecule has 2 rings (SSSR count). The van der Waals surface area contributed by atoms with Gasteiger partial charge in [-0.1, -0.05) is 0 Å². The van der Waals surface area contributed by atoms with E-state index in [1.165, 1.54) is 18.9 Å². The van der Waals surface area contributed by atoms with E-state index in [9.17, 15) is 21.0 Å². The number of aliphatic imine (C=N–C) groups is 5. The average molecular weight is 432 g/mol. The van der Waals surface area contributed by atoms with Crippen LogP contribution in [0.1, 0.15) is 13.3 Å². The van der Waals surface area contributed by atoms with Gasteiger partial charge in [0.25, 0.3) is 0 Å². The molecule has 0 aliphatic carbocycles. The Bertz CT molecular complexity index is 1400. The van der Waals surface area contributed by atoms with E-state index in [2.05, 4.69) is 31.7 Å². The largest absolute Gasteiger partial charge is 0.350 e. The average Bonchev–Trinajstić information content (AvgIpc) is 2.82. The van der Waals surface area contributed by atoms with Crippen LogP contribution in [0, 0.1) is 68.0 Å². The maximum absolute atomic E-state index is 9.58. The third-order valence-corrected chi connectivity index (χ3v) is 4.29. The monoisotopic (exact) mass is 432 g/mol. The smallest absolute Gasteiger partial charge is 0.169 e. The van der Waals surface area contributed by atoms with Crippen LogP contribution in [-0.2, 0) is 0 Å². The van der Waals surface area contributed by atoms with Gasteiger partial charge in [0.05, 0.1) is 24.2 Å². The molecule has 0 N–H and O–H groups in total. The third kappa shape index (κ3) is 4.42. The van der Waals surface area contributed by atoms with E-state index < -0.39 is 6.04 Å². The Morgan fingerprint density at radius 3 is 2.27 bits per heavy atom. The van der Waals surface area contributed by atoms with Crippen LogP contribution in [0.4, 0.5) is 34.1 Å². The molecule has 1 aliphatic heterocycles. The van der Waals surface area contributed by atoms with Crippen LogP contribution in [-0.4, -0.2) is 43.2 Å². The molecular formula is C21H12N12. The summed E-state index contributed by atoms with van der Waals surface area (Å²) in [5.74, 6) is 0. The zero-order chi connectivity index (χ0) is 24.5. The standard InChI is InChI=1S/C21H12N12/c1-12(8-24)30-17-16(29-7-6-23)20-21(33(3)15(11-27)14(10-26)32-20)19(28-2)18(17)31-13(9-25)4-5-22/h7,15H,2,4H2,1,3H3. The number of hydrogen-bond acceptors (Lipinski definition) is 12. The summed E-state index contributed by atoms with van der Waals surface area (Å²) in [4.78, 5) is 22.2. The predicted molar refractivity (Wildman–Crippen MR) is 121 cm³/mol. The fourth-order valence-electron chi connectivity index (χ4n) is 2.92. The highest BCUT2D eigenvalue weighted by Crippen LogP contribution is 2.58. The van der Waals surface area contributed by atoms with Crippen molar-refractivity contribution in [3.05, 3.63) is 0 Å². The number of nitrogens with zero attached hydrogens (tertiary/aromatic N) is 12. The molecule has 0 amide bonds. The van der Waals surface area contributed by atoms with Gasteiger partial charge in [0.1, 0.15) is 70.4 Å². The Morgan fingerprint density at radius 1 is 1.06 bits per heavy atom. The lowest BCUT2D eigenvalue weighted by atomic mass is 10.0. The van der Waals surface area contributed by atoms with Crippen molar-refractivity contribution in [3.8, 4) is 36.4 Å². The van der Waals surface area contributed by atoms with E-state index in [-0.39, 0.29) is 57.7 Å². The summed E-state index contributed by atoms with van der Waals surface area (Å²) >= 11 is 0. The molecule has 1 aliphatic rings. The van der Waals surface area contributed by atoms with E-state index in [1.54, 1.807) is 6.07 Å². The maximum Gasteiger partial charge on any atom is 0.169 e. The predicted octanol–water partition coefficient (Wildman–Crippen LogP) is 3.31. The van der Waals surface area contributed by atoms with Crippen LogP contribution >= 0.6 is 0 Å². The number of fused-ring (bicyclic) bond motifs is 1. The second-order valence-corrected chi connectivity index (χ2v) is 6.20. The van der Waals surface area contributed by atoms with Crippen molar-refractivity contribution >= 4 is 64.2 Å². The van der Waals surface area contributed by atoms with Crippen molar-refractivity contribution in [3.63, 3.8) is 0 Å². The summed E-state index contributed by atoms with van der Waals surface area (Å²) in [5.41, 5.74) is -0.221. The molecule has 0 aromatic heterocycles. The third-order valence-electron chi connectivity index (χ3n) is 4.29. The Balaban J connectivity index is 3.26. The first kappa shape index (κ1) is 23.6. The Labute approximate surface area is 188 Å². The van der Waals surface area contributed by atoms with Gasteiger partial charge in [-0.2, -0.15) is 31.6 Å². The van der Waals surface area contributed by atoms with Gasteiger partial charge in [0.15, 0.2) is 11.8 Å². The lowest BCUT2D eigenvalue weighted by Gasteiger charge is -2.31. The van der Waals surface area contributed by atoms with E-state index in [0.717, 1.165) is 6.21 Å². The Hall–Kier alpha value is -5.69. The van der Waals surface area contributed by atoms with E-state index in [1.807, 2.05) is 30.3 Å². The van der Waals surface area contributed by atoms with Gasteiger partial charge in [-0.05, 0) is 13.6 Å². The second-order valence-electron chi connectivity index (χ2n) is 6.20. The molecule has 1 atom stereocenters. The highest BCUT2D eigenvalue weighted by Gasteiger charge is 2.35. The Morgan fingerprint density at radius 2 is 1.76 bits per heavy atom. The van der Waals surface area contributed by atoms with Crippen molar-refractivity contribution in [1.29, 1.82) is 31.6 Å². The van der Waals surface area contributed by atoms with Gasteiger partial charge in [-0.15, -0.1) is 0 Å². The topological polar surface area (TPSA) is 208 Å².